The van der Waals surface area contributed by atoms with E-state index in [4.69, 9.17) is 10.9 Å². The summed E-state index contributed by atoms with van der Waals surface area (Å²) in [6, 6.07) is 5.91. The number of hydrogen-bond acceptors (Lipinski definition) is 3. The van der Waals surface area contributed by atoms with E-state index in [9.17, 15) is 4.79 Å². The maximum absolute atomic E-state index is 11.9. The fourth-order valence-corrected chi connectivity index (χ4v) is 1.68. The number of nitrogens with one attached hydrogen (secondary N) is 1. The zero-order valence-electron chi connectivity index (χ0n) is 11.8. The first-order valence-electron chi connectivity index (χ1n) is 6.11. The molecule has 19 heavy (non-hydrogen) atoms. The molecule has 5 nitrogen and oxygen atoms in total. The number of aryl methyl sites for hydroxylation is 2. The highest BCUT2D eigenvalue weighted by Crippen LogP contribution is 2.11. The lowest BCUT2D eigenvalue weighted by atomic mass is 10.0. The van der Waals surface area contributed by atoms with Crippen LogP contribution in [-0.2, 0) is 11.2 Å². The van der Waals surface area contributed by atoms with E-state index in [0.29, 0.717) is 0 Å². The van der Waals surface area contributed by atoms with E-state index in [0.717, 1.165) is 11.1 Å². The lowest BCUT2D eigenvalue weighted by Crippen LogP contribution is -2.53. The van der Waals surface area contributed by atoms with E-state index in [1.807, 2.05) is 32.0 Å². The molecule has 0 saturated heterocycles. The summed E-state index contributed by atoms with van der Waals surface area (Å²) in [4.78, 5) is 11.9. The third-order valence-electron chi connectivity index (χ3n) is 3.14. The quantitative estimate of drug-likeness (QED) is 0.333. The summed E-state index contributed by atoms with van der Waals surface area (Å²) in [5.74, 6) is -0.194. The van der Waals surface area contributed by atoms with Gasteiger partial charge in [-0.25, -0.2) is 0 Å². The van der Waals surface area contributed by atoms with Crippen molar-refractivity contribution >= 4 is 11.7 Å². The number of amides is 1. The summed E-state index contributed by atoms with van der Waals surface area (Å²) in [6.07, 6.45) is 0.267. The van der Waals surface area contributed by atoms with Gasteiger partial charge in [0.25, 0.3) is 0 Å². The largest absolute Gasteiger partial charge is 0.409 e. The second kappa shape index (κ2) is 5.73. The van der Waals surface area contributed by atoms with Gasteiger partial charge in [-0.3, -0.25) is 4.79 Å². The lowest BCUT2D eigenvalue weighted by molar-refractivity contribution is -0.121. The van der Waals surface area contributed by atoms with E-state index in [2.05, 4.69) is 10.5 Å². The Balaban J connectivity index is 2.73. The van der Waals surface area contributed by atoms with Gasteiger partial charge in [0.2, 0.25) is 5.91 Å². The number of rotatable bonds is 4. The molecule has 4 N–H and O–H groups in total. The summed E-state index contributed by atoms with van der Waals surface area (Å²) in [7, 11) is 0. The van der Waals surface area contributed by atoms with Gasteiger partial charge >= 0.3 is 0 Å². The normalized spacial score (nSPS) is 12.3. The zero-order valence-corrected chi connectivity index (χ0v) is 11.8. The number of carbonyl (C=O) groups is 1. The van der Waals surface area contributed by atoms with Crippen LogP contribution < -0.4 is 11.1 Å². The fourth-order valence-electron chi connectivity index (χ4n) is 1.68. The molecule has 1 amide bonds. The van der Waals surface area contributed by atoms with Crippen LogP contribution in [0.15, 0.2) is 23.4 Å². The Kier molecular flexibility index (Phi) is 4.53. The average Bonchev–Trinajstić information content (AvgIpc) is 2.32. The van der Waals surface area contributed by atoms with Gasteiger partial charge in [-0.05, 0) is 44.4 Å². The summed E-state index contributed by atoms with van der Waals surface area (Å²) < 4.78 is 0. The predicted octanol–water partition coefficient (Wildman–Crippen LogP) is 1.49. The second-order valence-corrected chi connectivity index (χ2v) is 5.25. The zero-order chi connectivity index (χ0) is 14.6. The highest BCUT2D eigenvalue weighted by molar-refractivity contribution is 5.93. The summed E-state index contributed by atoms with van der Waals surface area (Å²) in [6.45, 7) is 7.40. The van der Waals surface area contributed by atoms with Gasteiger partial charge in [-0.15, -0.1) is 0 Å². The molecule has 1 aromatic rings. The molecule has 0 aromatic heterocycles. The first-order chi connectivity index (χ1) is 8.76. The monoisotopic (exact) mass is 263 g/mol. The predicted molar refractivity (Wildman–Crippen MR) is 75.3 cm³/mol. The highest BCUT2D eigenvalue weighted by Gasteiger charge is 2.25. The van der Waals surface area contributed by atoms with Crippen LogP contribution in [0, 0.1) is 13.8 Å². The minimum atomic E-state index is -0.869. The fraction of sp³-hybridized carbons (Fsp3) is 0.429. The average molecular weight is 263 g/mol. The van der Waals surface area contributed by atoms with Crippen molar-refractivity contribution in [3.63, 3.8) is 0 Å². The molecule has 0 atom stereocenters. The first kappa shape index (κ1) is 15.0. The molecule has 0 radical (unpaired) electrons. The molecule has 0 saturated carbocycles. The molecule has 1 aromatic carbocycles. The highest BCUT2D eigenvalue weighted by atomic mass is 16.4. The first-order valence-corrected chi connectivity index (χ1v) is 6.11. The molecule has 0 aliphatic heterocycles. The maximum Gasteiger partial charge on any atom is 0.225 e. The van der Waals surface area contributed by atoms with Gasteiger partial charge in [-0.2, -0.15) is 0 Å². The van der Waals surface area contributed by atoms with Crippen molar-refractivity contribution in [3.05, 3.63) is 34.9 Å². The molecule has 1 rings (SSSR count). The molecule has 0 aliphatic carbocycles. The van der Waals surface area contributed by atoms with Crippen LogP contribution in [0.3, 0.4) is 0 Å². The number of amidine groups is 1. The van der Waals surface area contributed by atoms with Crippen molar-refractivity contribution < 1.29 is 10.0 Å². The molecule has 5 heteroatoms. The van der Waals surface area contributed by atoms with Crippen molar-refractivity contribution in [1.29, 1.82) is 0 Å². The van der Waals surface area contributed by atoms with Crippen LogP contribution in [-0.4, -0.2) is 22.5 Å². The molecule has 0 aliphatic rings. The number of benzene rings is 1. The van der Waals surface area contributed by atoms with Crippen LogP contribution in [0.1, 0.15) is 30.5 Å². The van der Waals surface area contributed by atoms with Gasteiger partial charge in [0.1, 0.15) is 0 Å². The Morgan fingerprint density at radius 3 is 2.53 bits per heavy atom. The van der Waals surface area contributed by atoms with E-state index >= 15 is 0 Å². The Morgan fingerprint density at radius 1 is 1.37 bits per heavy atom. The SMILES string of the molecule is Cc1ccc(CC(=O)NC(C)(C)C(N)=NO)cc1C. The number of oxime groups is 1. The Morgan fingerprint density at radius 2 is 2.00 bits per heavy atom. The molecule has 104 valence electrons. The van der Waals surface area contributed by atoms with Crippen LogP contribution in [0.4, 0.5) is 0 Å². The van der Waals surface area contributed by atoms with E-state index < -0.39 is 5.54 Å². The van der Waals surface area contributed by atoms with Crippen molar-refractivity contribution in [2.75, 3.05) is 0 Å². The number of hydrogen-bond donors (Lipinski definition) is 3. The van der Waals surface area contributed by atoms with Crippen molar-refractivity contribution in [3.8, 4) is 0 Å². The third-order valence-corrected chi connectivity index (χ3v) is 3.14. The Labute approximate surface area is 113 Å². The number of carbonyl (C=O) groups excluding carboxylic acids is 1. The Bertz CT molecular complexity index is 507. The molecule has 0 unspecified atom stereocenters. The van der Waals surface area contributed by atoms with Gasteiger partial charge in [0.05, 0.1) is 12.0 Å². The summed E-state index contributed by atoms with van der Waals surface area (Å²) in [5, 5.41) is 14.3. The van der Waals surface area contributed by atoms with Gasteiger partial charge in [-0.1, -0.05) is 23.4 Å². The van der Waals surface area contributed by atoms with Crippen LogP contribution in [0.25, 0.3) is 0 Å². The molecule has 0 heterocycles. The molecule has 0 fully saturated rings. The second-order valence-electron chi connectivity index (χ2n) is 5.25. The van der Waals surface area contributed by atoms with Crippen molar-refractivity contribution in [2.45, 2.75) is 39.7 Å². The molecule has 0 spiro atoms. The molecule has 0 bridgehead atoms. The summed E-state index contributed by atoms with van der Waals surface area (Å²) in [5.41, 5.74) is 7.94. The third kappa shape index (κ3) is 3.98. The van der Waals surface area contributed by atoms with E-state index in [-0.39, 0.29) is 18.2 Å². The topological polar surface area (TPSA) is 87.7 Å². The van der Waals surface area contributed by atoms with E-state index in [1.165, 1.54) is 5.56 Å². The summed E-state index contributed by atoms with van der Waals surface area (Å²) >= 11 is 0. The molecular weight excluding hydrogens is 242 g/mol. The smallest absolute Gasteiger partial charge is 0.225 e. The number of nitrogens with two attached hydrogens (primary N) is 1. The standard InChI is InChI=1S/C14H21N3O2/c1-9-5-6-11(7-10(9)2)8-12(18)16-14(3,4)13(15)17-19/h5-7,19H,8H2,1-4H3,(H2,15,17)(H,16,18). The maximum atomic E-state index is 11.9. The van der Waals surface area contributed by atoms with E-state index in [1.54, 1.807) is 13.8 Å². The lowest BCUT2D eigenvalue weighted by Gasteiger charge is -2.24. The van der Waals surface area contributed by atoms with Crippen molar-refractivity contribution in [1.82, 2.24) is 5.32 Å². The minimum Gasteiger partial charge on any atom is -0.409 e. The Hall–Kier alpha value is -2.04. The van der Waals surface area contributed by atoms with Crippen molar-refractivity contribution in [2.24, 2.45) is 10.9 Å². The number of nitrogens with zero attached hydrogens (tertiary/aromatic N) is 1. The van der Waals surface area contributed by atoms with Crippen LogP contribution in [0.5, 0.6) is 0 Å². The van der Waals surface area contributed by atoms with Crippen LogP contribution in [0.2, 0.25) is 0 Å². The molecular formula is C14H21N3O2. The van der Waals surface area contributed by atoms with Gasteiger partial charge in [0.15, 0.2) is 5.84 Å². The van der Waals surface area contributed by atoms with Crippen LogP contribution >= 0.6 is 0 Å². The van der Waals surface area contributed by atoms with Gasteiger partial charge < -0.3 is 16.3 Å². The minimum absolute atomic E-state index is 0.0269. The van der Waals surface area contributed by atoms with Gasteiger partial charge in [0, 0.05) is 0 Å².